The third-order valence-electron chi connectivity index (χ3n) is 4.14. The van der Waals surface area contributed by atoms with Gasteiger partial charge in [-0.3, -0.25) is 0 Å². The highest BCUT2D eigenvalue weighted by Crippen LogP contribution is 2.27. The van der Waals surface area contributed by atoms with Gasteiger partial charge in [0.1, 0.15) is 0 Å². The molecule has 0 radical (unpaired) electrons. The van der Waals surface area contributed by atoms with E-state index < -0.39 is 10.0 Å². The molecule has 0 heterocycles. The predicted molar refractivity (Wildman–Crippen MR) is 80.8 cm³/mol. The fourth-order valence-corrected chi connectivity index (χ4v) is 3.88. The van der Waals surface area contributed by atoms with Crippen LogP contribution in [-0.4, -0.2) is 21.5 Å². The third-order valence-corrected chi connectivity index (χ3v) is 5.56. The van der Waals surface area contributed by atoms with Gasteiger partial charge in [0.15, 0.2) is 0 Å². The number of nitrogens with two attached hydrogens (primary N) is 1. The molecule has 3 N–H and O–H groups in total. The molecule has 1 aliphatic carbocycles. The van der Waals surface area contributed by atoms with E-state index in [0.29, 0.717) is 23.9 Å². The SMILES string of the molecule is N#Cc1cccc(S(=O)(=O)NCC2CCC(CN)CC2)c1. The average Bonchev–Trinajstić information content (AvgIpc) is 2.53. The second-order valence-corrected chi connectivity index (χ2v) is 7.38. The van der Waals surface area contributed by atoms with Crippen LogP contribution in [0.15, 0.2) is 29.2 Å². The number of benzene rings is 1. The zero-order chi connectivity index (χ0) is 15.3. The molecule has 0 atom stereocenters. The van der Waals surface area contributed by atoms with Crippen molar-refractivity contribution in [1.82, 2.24) is 4.72 Å². The van der Waals surface area contributed by atoms with E-state index in [-0.39, 0.29) is 4.90 Å². The number of nitrogens with zero attached hydrogens (tertiary/aromatic N) is 1. The highest BCUT2D eigenvalue weighted by Gasteiger charge is 2.22. The van der Waals surface area contributed by atoms with E-state index in [9.17, 15) is 8.42 Å². The van der Waals surface area contributed by atoms with Crippen LogP contribution in [0.25, 0.3) is 0 Å². The summed E-state index contributed by atoms with van der Waals surface area (Å²) >= 11 is 0. The maximum absolute atomic E-state index is 12.2. The van der Waals surface area contributed by atoms with Crippen molar-refractivity contribution in [2.75, 3.05) is 13.1 Å². The maximum Gasteiger partial charge on any atom is 0.240 e. The van der Waals surface area contributed by atoms with Crippen LogP contribution in [-0.2, 0) is 10.0 Å². The molecule has 1 fully saturated rings. The van der Waals surface area contributed by atoms with E-state index in [1.54, 1.807) is 12.1 Å². The molecule has 2 rings (SSSR count). The predicted octanol–water partition coefficient (Wildman–Crippen LogP) is 1.60. The largest absolute Gasteiger partial charge is 0.330 e. The van der Waals surface area contributed by atoms with Crippen LogP contribution in [0, 0.1) is 23.2 Å². The molecule has 1 aliphatic rings. The maximum atomic E-state index is 12.2. The Labute approximate surface area is 126 Å². The Balaban J connectivity index is 1.94. The van der Waals surface area contributed by atoms with Crippen molar-refractivity contribution >= 4 is 10.0 Å². The lowest BCUT2D eigenvalue weighted by molar-refractivity contribution is 0.280. The minimum atomic E-state index is -3.54. The van der Waals surface area contributed by atoms with Gasteiger partial charge in [0.2, 0.25) is 10.0 Å². The minimum Gasteiger partial charge on any atom is -0.330 e. The average molecular weight is 307 g/mol. The summed E-state index contributed by atoms with van der Waals surface area (Å²) in [5.41, 5.74) is 6.01. The van der Waals surface area contributed by atoms with Gasteiger partial charge in [0, 0.05) is 6.54 Å². The lowest BCUT2D eigenvalue weighted by atomic mass is 9.82. The van der Waals surface area contributed by atoms with Crippen LogP contribution >= 0.6 is 0 Å². The van der Waals surface area contributed by atoms with Crippen molar-refractivity contribution in [2.45, 2.75) is 30.6 Å². The van der Waals surface area contributed by atoms with Crippen molar-refractivity contribution in [3.8, 4) is 6.07 Å². The van der Waals surface area contributed by atoms with Gasteiger partial charge >= 0.3 is 0 Å². The number of nitrogens with one attached hydrogen (secondary N) is 1. The second kappa shape index (κ2) is 7.03. The Morgan fingerprint density at radius 1 is 1.24 bits per heavy atom. The van der Waals surface area contributed by atoms with Crippen LogP contribution < -0.4 is 10.5 Å². The molecule has 0 amide bonds. The van der Waals surface area contributed by atoms with Crippen LogP contribution in [0.3, 0.4) is 0 Å². The molecule has 1 aromatic rings. The minimum absolute atomic E-state index is 0.150. The van der Waals surface area contributed by atoms with Crippen LogP contribution in [0.5, 0.6) is 0 Å². The lowest BCUT2D eigenvalue weighted by Crippen LogP contribution is -2.32. The first-order valence-electron chi connectivity index (χ1n) is 7.25. The first kappa shape index (κ1) is 16.0. The topological polar surface area (TPSA) is 96.0 Å². The Bertz CT molecular complexity index is 614. The summed E-state index contributed by atoms with van der Waals surface area (Å²) < 4.78 is 27.1. The second-order valence-electron chi connectivity index (χ2n) is 5.61. The van der Waals surface area contributed by atoms with Crippen molar-refractivity contribution in [2.24, 2.45) is 17.6 Å². The summed E-state index contributed by atoms with van der Waals surface area (Å²) in [6.45, 7) is 1.18. The summed E-state index contributed by atoms with van der Waals surface area (Å²) in [7, 11) is -3.54. The Kier molecular flexibility index (Phi) is 5.34. The first-order chi connectivity index (χ1) is 10.0. The van der Waals surface area contributed by atoms with Gasteiger partial charge in [-0.2, -0.15) is 5.26 Å². The molecule has 6 heteroatoms. The van der Waals surface area contributed by atoms with Crippen molar-refractivity contribution in [3.63, 3.8) is 0 Å². The molecule has 0 aromatic heterocycles. The molecule has 0 saturated heterocycles. The Hall–Kier alpha value is -1.42. The van der Waals surface area contributed by atoms with Crippen LogP contribution in [0.1, 0.15) is 31.2 Å². The number of rotatable bonds is 5. The van der Waals surface area contributed by atoms with Gasteiger partial charge in [-0.05, 0) is 62.3 Å². The van der Waals surface area contributed by atoms with E-state index in [4.69, 9.17) is 11.0 Å². The summed E-state index contributed by atoms with van der Waals surface area (Å²) in [5, 5.41) is 8.83. The quantitative estimate of drug-likeness (QED) is 0.863. The molecular weight excluding hydrogens is 286 g/mol. The van der Waals surface area contributed by atoms with Gasteiger partial charge in [-0.15, -0.1) is 0 Å². The molecule has 114 valence electrons. The molecule has 0 bridgehead atoms. The normalized spacial score (nSPS) is 22.7. The Morgan fingerprint density at radius 3 is 2.52 bits per heavy atom. The molecule has 0 unspecified atom stereocenters. The van der Waals surface area contributed by atoms with Gasteiger partial charge in [-0.25, -0.2) is 13.1 Å². The number of hydrogen-bond donors (Lipinski definition) is 2. The monoisotopic (exact) mass is 307 g/mol. The molecule has 21 heavy (non-hydrogen) atoms. The number of sulfonamides is 1. The zero-order valence-corrected chi connectivity index (χ0v) is 12.8. The fraction of sp³-hybridized carbons (Fsp3) is 0.533. The van der Waals surface area contributed by atoms with Crippen molar-refractivity contribution in [1.29, 1.82) is 5.26 Å². The fourth-order valence-electron chi connectivity index (χ4n) is 2.72. The first-order valence-corrected chi connectivity index (χ1v) is 8.73. The van der Waals surface area contributed by atoms with Gasteiger partial charge in [-0.1, -0.05) is 6.07 Å². The van der Waals surface area contributed by atoms with E-state index in [1.807, 2.05) is 6.07 Å². The highest BCUT2D eigenvalue weighted by molar-refractivity contribution is 7.89. The standard InChI is InChI=1S/C15H21N3O2S/c16-9-12-4-6-13(7-5-12)11-18-21(19,20)15-3-1-2-14(8-15)10-17/h1-3,8,12-13,18H,4-7,9,11,16H2. The summed E-state index contributed by atoms with van der Waals surface area (Å²) in [4.78, 5) is 0.150. The Morgan fingerprint density at radius 2 is 1.90 bits per heavy atom. The molecule has 5 nitrogen and oxygen atoms in total. The number of nitriles is 1. The number of hydrogen-bond acceptors (Lipinski definition) is 4. The van der Waals surface area contributed by atoms with E-state index in [0.717, 1.165) is 32.2 Å². The molecule has 1 saturated carbocycles. The van der Waals surface area contributed by atoms with Gasteiger partial charge in [0.25, 0.3) is 0 Å². The van der Waals surface area contributed by atoms with E-state index in [2.05, 4.69) is 4.72 Å². The third kappa shape index (κ3) is 4.27. The summed E-state index contributed by atoms with van der Waals surface area (Å²) in [5.74, 6) is 0.965. The smallest absolute Gasteiger partial charge is 0.240 e. The molecule has 0 aliphatic heterocycles. The van der Waals surface area contributed by atoms with Gasteiger partial charge in [0.05, 0.1) is 16.5 Å². The van der Waals surface area contributed by atoms with Crippen molar-refractivity contribution < 1.29 is 8.42 Å². The van der Waals surface area contributed by atoms with E-state index in [1.165, 1.54) is 12.1 Å². The van der Waals surface area contributed by atoms with Gasteiger partial charge < -0.3 is 5.73 Å². The molecular formula is C15H21N3O2S. The summed E-state index contributed by atoms with van der Waals surface area (Å²) in [6, 6.07) is 8.03. The zero-order valence-electron chi connectivity index (χ0n) is 12.0. The van der Waals surface area contributed by atoms with Crippen molar-refractivity contribution in [3.05, 3.63) is 29.8 Å². The van der Waals surface area contributed by atoms with Crippen LogP contribution in [0.4, 0.5) is 0 Å². The highest BCUT2D eigenvalue weighted by atomic mass is 32.2. The molecule has 0 spiro atoms. The van der Waals surface area contributed by atoms with Crippen LogP contribution in [0.2, 0.25) is 0 Å². The summed E-state index contributed by atoms with van der Waals surface area (Å²) in [6.07, 6.45) is 4.19. The lowest BCUT2D eigenvalue weighted by Gasteiger charge is -2.27. The molecule has 1 aromatic carbocycles. The van der Waals surface area contributed by atoms with E-state index >= 15 is 0 Å².